The van der Waals surface area contributed by atoms with Gasteiger partial charge in [0.2, 0.25) is 0 Å². The first-order valence-corrected chi connectivity index (χ1v) is 6.26. The van der Waals surface area contributed by atoms with Crippen molar-refractivity contribution in [3.8, 4) is 5.75 Å². The van der Waals surface area contributed by atoms with E-state index in [4.69, 9.17) is 16.3 Å². The zero-order valence-corrected chi connectivity index (χ0v) is 11.3. The van der Waals surface area contributed by atoms with Crippen LogP contribution >= 0.6 is 11.6 Å². The van der Waals surface area contributed by atoms with E-state index in [0.29, 0.717) is 22.8 Å². The Balaban J connectivity index is 2.66. The second-order valence-electron chi connectivity index (χ2n) is 4.00. The lowest BCUT2D eigenvalue weighted by Crippen LogP contribution is -2.32. The molecular formula is C13H18ClNO3. The molecule has 18 heavy (non-hydrogen) atoms. The average molecular weight is 272 g/mol. The summed E-state index contributed by atoms with van der Waals surface area (Å²) in [6, 6.07) is 4.81. The number of nitrogens with one attached hydrogen (secondary N) is 1. The van der Waals surface area contributed by atoms with Crippen molar-refractivity contribution in [2.24, 2.45) is 0 Å². The van der Waals surface area contributed by atoms with Crippen molar-refractivity contribution in [1.82, 2.24) is 5.32 Å². The zero-order chi connectivity index (χ0) is 13.5. The molecule has 0 saturated heterocycles. The number of benzene rings is 1. The molecule has 100 valence electrons. The first kappa shape index (κ1) is 14.8. The van der Waals surface area contributed by atoms with Crippen LogP contribution in [0.3, 0.4) is 0 Å². The molecule has 0 radical (unpaired) electrons. The number of aliphatic hydroxyl groups is 1. The summed E-state index contributed by atoms with van der Waals surface area (Å²) in [6.07, 6.45) is 1.02. The van der Waals surface area contributed by atoms with Crippen LogP contribution in [0.2, 0.25) is 5.02 Å². The van der Waals surface area contributed by atoms with Crippen LogP contribution in [0.1, 0.15) is 30.1 Å². The van der Waals surface area contributed by atoms with Crippen molar-refractivity contribution in [3.05, 3.63) is 28.8 Å². The largest absolute Gasteiger partial charge is 0.496 e. The molecule has 0 saturated carbocycles. The Morgan fingerprint density at radius 1 is 1.56 bits per heavy atom. The number of rotatable bonds is 6. The van der Waals surface area contributed by atoms with Gasteiger partial charge in [-0.25, -0.2) is 0 Å². The molecule has 1 atom stereocenters. The monoisotopic (exact) mass is 271 g/mol. The van der Waals surface area contributed by atoms with Crippen LogP contribution in [0.25, 0.3) is 0 Å². The van der Waals surface area contributed by atoms with Crippen LogP contribution < -0.4 is 10.1 Å². The third-order valence-electron chi connectivity index (χ3n) is 2.53. The molecule has 0 aliphatic rings. The zero-order valence-electron chi connectivity index (χ0n) is 10.6. The molecule has 0 aliphatic heterocycles. The van der Waals surface area contributed by atoms with Crippen LogP contribution in [-0.4, -0.2) is 30.8 Å². The molecule has 2 N–H and O–H groups in total. The highest BCUT2D eigenvalue weighted by Gasteiger charge is 2.13. The fraction of sp³-hybridized carbons (Fsp3) is 0.462. The second kappa shape index (κ2) is 7.24. The number of ether oxygens (including phenoxy) is 1. The lowest BCUT2D eigenvalue weighted by atomic mass is 10.1. The predicted octanol–water partition coefficient (Wildman–Crippen LogP) is 2.24. The number of methoxy groups -OCH3 is 1. The molecule has 0 fully saturated rings. The Bertz CT molecular complexity index is 409. The van der Waals surface area contributed by atoms with Crippen LogP contribution in [0, 0.1) is 0 Å². The molecule has 0 aliphatic carbocycles. The number of aliphatic hydroxyl groups excluding tert-OH is 1. The summed E-state index contributed by atoms with van der Waals surface area (Å²) in [4.78, 5) is 11.9. The van der Waals surface area contributed by atoms with Gasteiger partial charge in [-0.3, -0.25) is 4.79 Å². The summed E-state index contributed by atoms with van der Waals surface area (Å²) in [5.74, 6) is 0.142. The van der Waals surface area contributed by atoms with Gasteiger partial charge in [-0.05, 0) is 24.6 Å². The van der Waals surface area contributed by atoms with Crippen LogP contribution in [-0.2, 0) is 0 Å². The first-order chi connectivity index (χ1) is 8.58. The Morgan fingerprint density at radius 3 is 2.89 bits per heavy atom. The topological polar surface area (TPSA) is 58.6 Å². The smallest absolute Gasteiger partial charge is 0.255 e. The third kappa shape index (κ3) is 4.20. The Hall–Kier alpha value is -1.26. The number of carbonyl (C=O) groups is 1. The number of carbonyl (C=O) groups excluding carboxylic acids is 1. The van der Waals surface area contributed by atoms with Crippen LogP contribution in [0.5, 0.6) is 5.75 Å². The van der Waals surface area contributed by atoms with E-state index in [9.17, 15) is 9.90 Å². The van der Waals surface area contributed by atoms with Crippen molar-refractivity contribution in [1.29, 1.82) is 0 Å². The molecule has 1 rings (SSSR count). The van der Waals surface area contributed by atoms with Crippen molar-refractivity contribution in [2.45, 2.75) is 25.9 Å². The third-order valence-corrected chi connectivity index (χ3v) is 2.76. The van der Waals surface area contributed by atoms with E-state index in [1.807, 2.05) is 6.92 Å². The molecule has 4 nitrogen and oxygen atoms in total. The van der Waals surface area contributed by atoms with Gasteiger partial charge in [0.25, 0.3) is 5.91 Å². The van der Waals surface area contributed by atoms with Gasteiger partial charge in [-0.1, -0.05) is 24.9 Å². The maximum Gasteiger partial charge on any atom is 0.255 e. The lowest BCUT2D eigenvalue weighted by Gasteiger charge is -2.12. The van der Waals surface area contributed by atoms with E-state index in [0.717, 1.165) is 6.42 Å². The fourth-order valence-electron chi connectivity index (χ4n) is 1.59. The summed E-state index contributed by atoms with van der Waals surface area (Å²) in [5.41, 5.74) is 0.408. The van der Waals surface area contributed by atoms with Gasteiger partial charge in [0.05, 0.1) is 18.8 Å². The highest BCUT2D eigenvalue weighted by Crippen LogP contribution is 2.22. The number of hydrogen-bond donors (Lipinski definition) is 2. The maximum absolute atomic E-state index is 11.9. The highest BCUT2D eigenvalue weighted by atomic mass is 35.5. The summed E-state index contributed by atoms with van der Waals surface area (Å²) < 4.78 is 5.09. The molecule has 1 aromatic rings. The standard InChI is InChI=1S/C13H18ClNO3/c1-3-4-10(16)8-15-13(17)11-6-5-9(14)7-12(11)18-2/h5-7,10,16H,3-4,8H2,1-2H3,(H,15,17). The summed E-state index contributed by atoms with van der Waals surface area (Å²) in [5, 5.41) is 12.7. The molecule has 1 unspecified atom stereocenters. The number of hydrogen-bond acceptors (Lipinski definition) is 3. The van der Waals surface area contributed by atoms with Gasteiger partial charge in [-0.2, -0.15) is 0 Å². The molecule has 0 bridgehead atoms. The van der Waals surface area contributed by atoms with Gasteiger partial charge in [0.15, 0.2) is 0 Å². The number of amides is 1. The normalized spacial score (nSPS) is 12.0. The SMILES string of the molecule is CCCC(O)CNC(=O)c1ccc(Cl)cc1OC. The van der Waals surface area contributed by atoms with Crippen molar-refractivity contribution in [3.63, 3.8) is 0 Å². The Kier molecular flexibility index (Phi) is 5.95. The van der Waals surface area contributed by atoms with Crippen LogP contribution in [0.15, 0.2) is 18.2 Å². The van der Waals surface area contributed by atoms with Gasteiger partial charge >= 0.3 is 0 Å². The fourth-order valence-corrected chi connectivity index (χ4v) is 1.76. The van der Waals surface area contributed by atoms with Gasteiger partial charge in [-0.15, -0.1) is 0 Å². The van der Waals surface area contributed by atoms with E-state index in [1.165, 1.54) is 7.11 Å². The van der Waals surface area contributed by atoms with Gasteiger partial charge < -0.3 is 15.2 Å². The molecule has 0 aromatic heterocycles. The predicted molar refractivity (Wildman–Crippen MR) is 71.3 cm³/mol. The van der Waals surface area contributed by atoms with Crippen molar-refractivity contribution >= 4 is 17.5 Å². The van der Waals surface area contributed by atoms with E-state index in [-0.39, 0.29) is 12.5 Å². The van der Waals surface area contributed by atoms with Crippen molar-refractivity contribution < 1.29 is 14.6 Å². The number of halogens is 1. The average Bonchev–Trinajstić information content (AvgIpc) is 2.36. The van der Waals surface area contributed by atoms with Crippen LogP contribution in [0.4, 0.5) is 0 Å². The second-order valence-corrected chi connectivity index (χ2v) is 4.43. The van der Waals surface area contributed by atoms with E-state index in [1.54, 1.807) is 18.2 Å². The van der Waals surface area contributed by atoms with Gasteiger partial charge in [0, 0.05) is 11.6 Å². The molecule has 0 spiro atoms. The molecule has 1 amide bonds. The molecule has 0 heterocycles. The van der Waals surface area contributed by atoms with E-state index < -0.39 is 6.10 Å². The maximum atomic E-state index is 11.9. The lowest BCUT2D eigenvalue weighted by molar-refractivity contribution is 0.0907. The summed E-state index contributed by atoms with van der Waals surface area (Å²) in [6.45, 7) is 2.21. The highest BCUT2D eigenvalue weighted by molar-refractivity contribution is 6.30. The first-order valence-electron chi connectivity index (χ1n) is 5.88. The Morgan fingerprint density at radius 2 is 2.28 bits per heavy atom. The summed E-state index contributed by atoms with van der Waals surface area (Å²) in [7, 11) is 1.48. The van der Waals surface area contributed by atoms with Crippen molar-refractivity contribution in [2.75, 3.05) is 13.7 Å². The quantitative estimate of drug-likeness (QED) is 0.834. The summed E-state index contributed by atoms with van der Waals surface area (Å²) >= 11 is 5.82. The Labute approximate surface area is 112 Å². The van der Waals surface area contributed by atoms with E-state index in [2.05, 4.69) is 5.32 Å². The minimum atomic E-state index is -0.516. The minimum Gasteiger partial charge on any atom is -0.496 e. The molecular weight excluding hydrogens is 254 g/mol. The van der Waals surface area contributed by atoms with E-state index >= 15 is 0 Å². The van der Waals surface area contributed by atoms with Gasteiger partial charge in [0.1, 0.15) is 5.75 Å². The molecule has 5 heteroatoms. The molecule has 1 aromatic carbocycles. The minimum absolute atomic E-state index is 0.235.